The maximum atomic E-state index is 13.6. The number of hydrogen-bond donors (Lipinski definition) is 3. The lowest BCUT2D eigenvalue weighted by Gasteiger charge is -2.34. The van der Waals surface area contributed by atoms with Crippen LogP contribution in [0.1, 0.15) is 83.4 Å². The van der Waals surface area contributed by atoms with Crippen molar-refractivity contribution in [1.29, 1.82) is 0 Å². The summed E-state index contributed by atoms with van der Waals surface area (Å²) in [6.07, 6.45) is 5.32. The molecule has 0 heterocycles. The average Bonchev–Trinajstić information content (AvgIpc) is 3.47. The van der Waals surface area contributed by atoms with Gasteiger partial charge in [0.1, 0.15) is 23.9 Å². The summed E-state index contributed by atoms with van der Waals surface area (Å²) in [7, 11) is 0. The second-order valence-corrected chi connectivity index (χ2v) is 10.7. The minimum Gasteiger partial charge on any atom is -0.508 e. The van der Waals surface area contributed by atoms with Crippen molar-refractivity contribution in [2.24, 2.45) is 5.92 Å². The van der Waals surface area contributed by atoms with Gasteiger partial charge in [0, 0.05) is 12.1 Å². The summed E-state index contributed by atoms with van der Waals surface area (Å²) in [5.41, 5.74) is 0.605. The topological polar surface area (TPSA) is 108 Å². The zero-order chi connectivity index (χ0) is 25.0. The van der Waals surface area contributed by atoms with Crippen LogP contribution in [-0.4, -0.2) is 52.1 Å². The minimum absolute atomic E-state index is 0.0930. The molecule has 0 aliphatic heterocycles. The van der Waals surface area contributed by atoms with E-state index < -0.39 is 17.7 Å². The summed E-state index contributed by atoms with van der Waals surface area (Å²) < 4.78 is 5.26. The van der Waals surface area contributed by atoms with E-state index in [1.165, 1.54) is 6.42 Å². The maximum absolute atomic E-state index is 13.6. The Bertz CT molecular complexity index is 904. The molecule has 2 saturated carbocycles. The molecule has 188 valence electrons. The van der Waals surface area contributed by atoms with Gasteiger partial charge in [0.15, 0.2) is 0 Å². The van der Waals surface area contributed by atoms with Crippen LogP contribution in [0.3, 0.4) is 0 Å². The number of phenols is 1. The first-order valence-electron chi connectivity index (χ1n) is 12.3. The highest BCUT2D eigenvalue weighted by atomic mass is 16.6. The first-order valence-corrected chi connectivity index (χ1v) is 12.3. The van der Waals surface area contributed by atoms with E-state index in [4.69, 9.17) is 4.74 Å². The zero-order valence-corrected chi connectivity index (χ0v) is 21.0. The highest BCUT2D eigenvalue weighted by Crippen LogP contribution is 2.41. The molecule has 3 atom stereocenters. The van der Waals surface area contributed by atoms with Crippen molar-refractivity contribution in [2.45, 2.75) is 96.9 Å². The minimum atomic E-state index is -0.843. The van der Waals surface area contributed by atoms with Gasteiger partial charge in [-0.3, -0.25) is 9.59 Å². The highest BCUT2D eigenvalue weighted by Gasteiger charge is 2.46. The summed E-state index contributed by atoms with van der Waals surface area (Å²) >= 11 is 0. The molecule has 0 bridgehead atoms. The Morgan fingerprint density at radius 2 is 1.82 bits per heavy atom. The molecule has 3 unspecified atom stereocenters. The number of carbonyl (C=O) groups excluding carboxylic acids is 3. The summed E-state index contributed by atoms with van der Waals surface area (Å²) in [6, 6.07) is 4.17. The Morgan fingerprint density at radius 3 is 2.38 bits per heavy atom. The number of benzene rings is 1. The number of hydrogen-bond acceptors (Lipinski definition) is 5. The Kier molecular flexibility index (Phi) is 8.10. The number of amides is 3. The van der Waals surface area contributed by atoms with Crippen molar-refractivity contribution in [3.05, 3.63) is 29.3 Å². The van der Waals surface area contributed by atoms with Gasteiger partial charge in [0.2, 0.25) is 11.8 Å². The van der Waals surface area contributed by atoms with E-state index in [9.17, 15) is 19.5 Å². The van der Waals surface area contributed by atoms with E-state index in [0.29, 0.717) is 11.1 Å². The van der Waals surface area contributed by atoms with Crippen LogP contribution in [0.4, 0.5) is 4.79 Å². The molecule has 2 aliphatic carbocycles. The van der Waals surface area contributed by atoms with Gasteiger partial charge in [-0.25, -0.2) is 4.79 Å². The van der Waals surface area contributed by atoms with Crippen LogP contribution in [0.15, 0.2) is 18.2 Å². The third kappa shape index (κ3) is 6.87. The van der Waals surface area contributed by atoms with Gasteiger partial charge < -0.3 is 25.4 Å². The quantitative estimate of drug-likeness (QED) is 0.556. The van der Waals surface area contributed by atoms with Gasteiger partial charge in [-0.2, -0.15) is 0 Å². The predicted molar refractivity (Wildman–Crippen MR) is 129 cm³/mol. The monoisotopic (exact) mass is 473 g/mol. The van der Waals surface area contributed by atoms with E-state index in [0.717, 1.165) is 32.1 Å². The SMILES string of the molecule is Cc1cc(C(C(=O)NC2CCCCC2)N(C(=O)CNC(=O)OC(C)(C)C)C2CC2C)ccc1O. The van der Waals surface area contributed by atoms with Crippen LogP contribution in [0, 0.1) is 12.8 Å². The molecule has 3 N–H and O–H groups in total. The van der Waals surface area contributed by atoms with Gasteiger partial charge in [-0.05, 0) is 76.1 Å². The Balaban J connectivity index is 1.86. The lowest BCUT2D eigenvalue weighted by molar-refractivity contribution is -0.141. The van der Waals surface area contributed by atoms with Gasteiger partial charge in [0.25, 0.3) is 0 Å². The molecular weight excluding hydrogens is 434 g/mol. The third-order valence-corrected chi connectivity index (χ3v) is 6.51. The largest absolute Gasteiger partial charge is 0.508 e. The molecule has 2 aliphatic rings. The van der Waals surface area contributed by atoms with E-state index in [1.807, 2.05) is 6.92 Å². The molecule has 8 heteroatoms. The summed E-state index contributed by atoms with van der Waals surface area (Å²) in [5.74, 6) is -0.162. The number of nitrogens with one attached hydrogen (secondary N) is 2. The molecular formula is C26H39N3O5. The van der Waals surface area contributed by atoms with Crippen molar-refractivity contribution in [3.8, 4) is 5.75 Å². The molecule has 8 nitrogen and oxygen atoms in total. The maximum Gasteiger partial charge on any atom is 0.408 e. The van der Waals surface area contributed by atoms with E-state index >= 15 is 0 Å². The number of nitrogens with zero attached hydrogens (tertiary/aromatic N) is 1. The fourth-order valence-corrected chi connectivity index (χ4v) is 4.58. The van der Waals surface area contributed by atoms with Crippen molar-refractivity contribution in [1.82, 2.24) is 15.5 Å². The fourth-order valence-electron chi connectivity index (χ4n) is 4.58. The number of ether oxygens (including phenoxy) is 1. The van der Waals surface area contributed by atoms with Gasteiger partial charge >= 0.3 is 6.09 Å². The molecule has 0 radical (unpaired) electrons. The van der Waals surface area contributed by atoms with Crippen LogP contribution < -0.4 is 10.6 Å². The van der Waals surface area contributed by atoms with Crippen LogP contribution >= 0.6 is 0 Å². The summed E-state index contributed by atoms with van der Waals surface area (Å²) in [6.45, 7) is 8.82. The smallest absolute Gasteiger partial charge is 0.408 e. The van der Waals surface area contributed by atoms with Crippen LogP contribution in [0.25, 0.3) is 0 Å². The standard InChI is InChI=1S/C26H39N3O5/c1-16-14-20(16)29(22(31)15-27-25(33)34-26(3,4)5)23(18-11-12-21(30)17(2)13-18)24(32)28-19-9-7-6-8-10-19/h11-13,16,19-20,23,30H,6-10,14-15H2,1-5H3,(H,27,33)(H,28,32). The van der Waals surface area contributed by atoms with Crippen LogP contribution in [0.5, 0.6) is 5.75 Å². The first-order chi connectivity index (χ1) is 16.0. The number of phenolic OH excluding ortho intramolecular Hbond substituents is 1. The van der Waals surface area contributed by atoms with Crippen molar-refractivity contribution >= 4 is 17.9 Å². The number of rotatable bonds is 7. The molecule has 2 fully saturated rings. The lowest BCUT2D eigenvalue weighted by atomic mass is 9.94. The molecule has 34 heavy (non-hydrogen) atoms. The van der Waals surface area contributed by atoms with Gasteiger partial charge in [0.05, 0.1) is 0 Å². The Labute approximate surface area is 202 Å². The Morgan fingerprint density at radius 1 is 1.18 bits per heavy atom. The van der Waals surface area contributed by atoms with E-state index in [1.54, 1.807) is 50.8 Å². The highest BCUT2D eigenvalue weighted by molar-refractivity contribution is 5.91. The molecule has 1 aromatic carbocycles. The Hall–Kier alpha value is -2.77. The summed E-state index contributed by atoms with van der Waals surface area (Å²) in [5, 5.41) is 15.7. The summed E-state index contributed by atoms with van der Waals surface area (Å²) in [4.78, 5) is 40.8. The first kappa shape index (κ1) is 25.8. The number of aromatic hydroxyl groups is 1. The third-order valence-electron chi connectivity index (χ3n) is 6.51. The lowest BCUT2D eigenvalue weighted by Crippen LogP contribution is -2.50. The number of alkyl carbamates (subject to hydrolysis) is 1. The molecule has 0 aromatic heterocycles. The molecule has 0 spiro atoms. The molecule has 0 saturated heterocycles. The van der Waals surface area contributed by atoms with Crippen molar-refractivity contribution < 1.29 is 24.2 Å². The predicted octanol–water partition coefficient (Wildman–Crippen LogP) is 3.95. The molecule has 1 aromatic rings. The number of aryl methyl sites for hydroxylation is 1. The van der Waals surface area contributed by atoms with Crippen molar-refractivity contribution in [3.63, 3.8) is 0 Å². The van der Waals surface area contributed by atoms with E-state index in [-0.39, 0.29) is 42.1 Å². The average molecular weight is 474 g/mol. The molecule has 3 amide bonds. The number of carbonyl (C=O) groups is 3. The van der Waals surface area contributed by atoms with Gasteiger partial charge in [-0.1, -0.05) is 32.3 Å². The zero-order valence-electron chi connectivity index (χ0n) is 21.0. The normalized spacial score (nSPS) is 21.3. The van der Waals surface area contributed by atoms with E-state index in [2.05, 4.69) is 10.6 Å². The molecule has 3 rings (SSSR count). The fraction of sp³-hybridized carbons (Fsp3) is 0.654. The second kappa shape index (κ2) is 10.7. The second-order valence-electron chi connectivity index (χ2n) is 10.7. The van der Waals surface area contributed by atoms with Gasteiger partial charge in [-0.15, -0.1) is 0 Å². The van der Waals surface area contributed by atoms with Crippen molar-refractivity contribution in [2.75, 3.05) is 6.54 Å². The van der Waals surface area contributed by atoms with Crippen LogP contribution in [-0.2, 0) is 14.3 Å². The van der Waals surface area contributed by atoms with Crippen LogP contribution in [0.2, 0.25) is 0 Å².